The van der Waals surface area contributed by atoms with E-state index in [1.54, 1.807) is 30.5 Å². The number of furan rings is 1. The number of hydrogen-bond acceptors (Lipinski definition) is 4. The minimum absolute atomic E-state index is 0.0434. The Hall–Kier alpha value is -2.15. The minimum Gasteiger partial charge on any atom is -0.467 e. The van der Waals surface area contributed by atoms with E-state index in [-0.39, 0.29) is 9.92 Å². The molecule has 2 N–H and O–H groups in total. The van der Waals surface area contributed by atoms with Gasteiger partial charge >= 0.3 is 0 Å². The molecule has 3 rings (SSSR count). The molecule has 0 spiro atoms. The molecule has 0 amide bonds. The number of nitrogens with one attached hydrogen (secondary N) is 2. The van der Waals surface area contributed by atoms with Crippen molar-refractivity contribution in [2.45, 2.75) is 11.4 Å². The second-order valence-electron chi connectivity index (χ2n) is 5.19. The van der Waals surface area contributed by atoms with Gasteiger partial charge in [0, 0.05) is 11.4 Å². The lowest BCUT2D eigenvalue weighted by atomic mass is 10.3. The van der Waals surface area contributed by atoms with Crippen LogP contribution in [0.1, 0.15) is 5.76 Å². The second kappa shape index (κ2) is 7.39. The molecular formula is C17H14Cl2N2O3S. The van der Waals surface area contributed by atoms with Crippen LogP contribution in [0, 0.1) is 0 Å². The first-order valence-corrected chi connectivity index (χ1v) is 9.52. The van der Waals surface area contributed by atoms with E-state index in [0.717, 1.165) is 11.4 Å². The zero-order valence-electron chi connectivity index (χ0n) is 12.9. The molecule has 25 heavy (non-hydrogen) atoms. The van der Waals surface area contributed by atoms with Gasteiger partial charge in [0.25, 0.3) is 10.0 Å². The highest BCUT2D eigenvalue weighted by atomic mass is 35.5. The standard InChI is InChI=1S/C17H14Cl2N2O3S/c18-16-8-7-15(10-17(16)19)25(22,23)21-13-5-3-12(4-6-13)20-11-14-2-1-9-24-14/h1-10,20-21H,11H2. The van der Waals surface area contributed by atoms with E-state index in [4.69, 9.17) is 27.6 Å². The Balaban J connectivity index is 1.68. The molecule has 0 radical (unpaired) electrons. The van der Waals surface area contributed by atoms with E-state index in [9.17, 15) is 8.42 Å². The molecular weight excluding hydrogens is 383 g/mol. The first-order chi connectivity index (χ1) is 11.9. The predicted octanol–water partition coefficient (Wildman–Crippen LogP) is 5.00. The molecule has 1 heterocycles. The molecule has 0 bridgehead atoms. The Morgan fingerprint density at radius 3 is 2.28 bits per heavy atom. The number of hydrogen-bond donors (Lipinski definition) is 2. The molecule has 0 aliphatic heterocycles. The van der Waals surface area contributed by atoms with Gasteiger partial charge in [0.2, 0.25) is 0 Å². The van der Waals surface area contributed by atoms with Crippen LogP contribution in [0.4, 0.5) is 11.4 Å². The number of benzene rings is 2. The summed E-state index contributed by atoms with van der Waals surface area (Å²) >= 11 is 11.7. The Labute approximate surface area is 155 Å². The van der Waals surface area contributed by atoms with Crippen molar-refractivity contribution >= 4 is 44.6 Å². The predicted molar refractivity (Wildman–Crippen MR) is 99.7 cm³/mol. The molecule has 5 nitrogen and oxygen atoms in total. The van der Waals surface area contributed by atoms with Crippen LogP contribution in [0.2, 0.25) is 10.0 Å². The maximum Gasteiger partial charge on any atom is 0.261 e. The largest absolute Gasteiger partial charge is 0.467 e. The van der Waals surface area contributed by atoms with Crippen molar-refractivity contribution in [3.8, 4) is 0 Å². The summed E-state index contributed by atoms with van der Waals surface area (Å²) in [7, 11) is -3.74. The SMILES string of the molecule is O=S(=O)(Nc1ccc(NCc2ccco2)cc1)c1ccc(Cl)c(Cl)c1. The van der Waals surface area contributed by atoms with E-state index < -0.39 is 10.0 Å². The molecule has 0 atom stereocenters. The Morgan fingerprint density at radius 2 is 1.64 bits per heavy atom. The summed E-state index contributed by atoms with van der Waals surface area (Å²) in [6.45, 7) is 0.543. The molecule has 0 aliphatic carbocycles. The quantitative estimate of drug-likeness (QED) is 0.614. The molecule has 8 heteroatoms. The van der Waals surface area contributed by atoms with Crippen LogP contribution in [0.3, 0.4) is 0 Å². The zero-order chi connectivity index (χ0) is 17.9. The third-order valence-corrected chi connectivity index (χ3v) is 5.50. The fraction of sp³-hybridized carbons (Fsp3) is 0.0588. The maximum atomic E-state index is 12.4. The van der Waals surface area contributed by atoms with E-state index in [1.807, 2.05) is 12.1 Å². The van der Waals surface area contributed by atoms with Gasteiger partial charge in [0.05, 0.1) is 27.7 Å². The summed E-state index contributed by atoms with van der Waals surface area (Å²) in [4.78, 5) is 0.0434. The summed E-state index contributed by atoms with van der Waals surface area (Å²) in [6.07, 6.45) is 1.61. The van der Waals surface area contributed by atoms with Crippen LogP contribution in [0.5, 0.6) is 0 Å². The highest BCUT2D eigenvalue weighted by Gasteiger charge is 2.15. The van der Waals surface area contributed by atoms with Crippen LogP contribution in [-0.2, 0) is 16.6 Å². The zero-order valence-corrected chi connectivity index (χ0v) is 15.2. The van der Waals surface area contributed by atoms with Gasteiger partial charge in [-0.2, -0.15) is 0 Å². The van der Waals surface area contributed by atoms with Crippen molar-refractivity contribution in [1.82, 2.24) is 0 Å². The van der Waals surface area contributed by atoms with Crippen molar-refractivity contribution in [3.05, 3.63) is 76.7 Å². The molecule has 130 valence electrons. The third-order valence-electron chi connectivity index (χ3n) is 3.39. The van der Waals surface area contributed by atoms with Crippen LogP contribution in [-0.4, -0.2) is 8.42 Å². The monoisotopic (exact) mass is 396 g/mol. The van der Waals surface area contributed by atoms with Crippen molar-refractivity contribution in [3.63, 3.8) is 0 Å². The maximum absolute atomic E-state index is 12.4. The Morgan fingerprint density at radius 1 is 0.920 bits per heavy atom. The van der Waals surface area contributed by atoms with Gasteiger partial charge in [0.1, 0.15) is 5.76 Å². The summed E-state index contributed by atoms with van der Waals surface area (Å²) in [5.41, 5.74) is 1.28. The molecule has 0 unspecified atom stereocenters. The lowest BCUT2D eigenvalue weighted by Crippen LogP contribution is -2.13. The number of halogens is 2. The van der Waals surface area contributed by atoms with Crippen LogP contribution in [0.25, 0.3) is 0 Å². The Kier molecular flexibility index (Phi) is 5.22. The van der Waals surface area contributed by atoms with Gasteiger partial charge in [-0.25, -0.2) is 8.42 Å². The Bertz CT molecular complexity index is 956. The van der Waals surface area contributed by atoms with Gasteiger partial charge in [-0.1, -0.05) is 23.2 Å². The first-order valence-electron chi connectivity index (χ1n) is 7.28. The highest BCUT2D eigenvalue weighted by molar-refractivity contribution is 7.92. The number of sulfonamides is 1. The van der Waals surface area contributed by atoms with E-state index >= 15 is 0 Å². The van der Waals surface area contributed by atoms with Gasteiger partial charge in [0.15, 0.2) is 0 Å². The summed E-state index contributed by atoms with van der Waals surface area (Å²) in [5, 5.41) is 3.66. The highest BCUT2D eigenvalue weighted by Crippen LogP contribution is 2.26. The lowest BCUT2D eigenvalue weighted by Gasteiger charge is -2.10. The molecule has 1 aromatic heterocycles. The summed E-state index contributed by atoms with van der Waals surface area (Å²) in [5.74, 6) is 0.810. The fourth-order valence-corrected chi connectivity index (χ4v) is 3.56. The summed E-state index contributed by atoms with van der Waals surface area (Å²) < 4.78 is 32.5. The van der Waals surface area contributed by atoms with Gasteiger partial charge in [-0.05, 0) is 54.6 Å². The molecule has 0 saturated heterocycles. The molecule has 3 aromatic rings. The number of anilines is 2. The van der Waals surface area contributed by atoms with Crippen LogP contribution < -0.4 is 10.0 Å². The second-order valence-corrected chi connectivity index (χ2v) is 7.69. The van der Waals surface area contributed by atoms with E-state index in [1.165, 1.54) is 18.2 Å². The topological polar surface area (TPSA) is 71.3 Å². The van der Waals surface area contributed by atoms with Gasteiger partial charge in [-0.15, -0.1) is 0 Å². The lowest BCUT2D eigenvalue weighted by molar-refractivity contribution is 0.518. The van der Waals surface area contributed by atoms with Gasteiger partial charge < -0.3 is 9.73 Å². The van der Waals surface area contributed by atoms with Crippen LogP contribution >= 0.6 is 23.2 Å². The van der Waals surface area contributed by atoms with Crippen LogP contribution in [0.15, 0.2) is 70.2 Å². The van der Waals surface area contributed by atoms with E-state index in [0.29, 0.717) is 17.3 Å². The average molecular weight is 397 g/mol. The minimum atomic E-state index is -3.74. The molecule has 0 fully saturated rings. The average Bonchev–Trinajstić information content (AvgIpc) is 3.10. The smallest absolute Gasteiger partial charge is 0.261 e. The third kappa shape index (κ3) is 4.48. The van der Waals surface area contributed by atoms with E-state index in [2.05, 4.69) is 10.0 Å². The van der Waals surface area contributed by atoms with Crippen molar-refractivity contribution < 1.29 is 12.8 Å². The summed E-state index contributed by atoms with van der Waals surface area (Å²) in [6, 6.07) is 14.7. The van der Waals surface area contributed by atoms with Gasteiger partial charge in [-0.3, -0.25) is 4.72 Å². The van der Waals surface area contributed by atoms with Crippen molar-refractivity contribution in [2.75, 3.05) is 10.0 Å². The van der Waals surface area contributed by atoms with Crippen molar-refractivity contribution in [1.29, 1.82) is 0 Å². The fourth-order valence-electron chi connectivity index (χ4n) is 2.12. The molecule has 0 aliphatic rings. The number of rotatable bonds is 6. The normalized spacial score (nSPS) is 11.3. The molecule has 2 aromatic carbocycles. The molecule has 0 saturated carbocycles. The van der Waals surface area contributed by atoms with Crippen molar-refractivity contribution in [2.24, 2.45) is 0 Å². The first kappa shape index (κ1) is 17.7.